The van der Waals surface area contributed by atoms with Gasteiger partial charge in [0.2, 0.25) is 0 Å². The topological polar surface area (TPSA) is 21.6 Å². The van der Waals surface area contributed by atoms with E-state index >= 15 is 0 Å². The summed E-state index contributed by atoms with van der Waals surface area (Å²) in [5.41, 5.74) is 2.21. The van der Waals surface area contributed by atoms with Crippen LogP contribution in [0.2, 0.25) is 0 Å². The van der Waals surface area contributed by atoms with Crippen LogP contribution in [0.1, 0.15) is 12.5 Å². The van der Waals surface area contributed by atoms with Crippen molar-refractivity contribution in [2.75, 3.05) is 7.05 Å². The second kappa shape index (κ2) is 3.34. The number of nitrogens with zero attached hydrogens (tertiary/aromatic N) is 1. The number of ether oxygens (including phenoxy) is 1. The molecule has 80 valence electrons. The fraction of sp³-hybridized carbons (Fsp3) is 0.214. The molecule has 0 saturated carbocycles. The van der Waals surface area contributed by atoms with Crippen LogP contribution in [0.25, 0.3) is 10.8 Å². The van der Waals surface area contributed by atoms with E-state index in [2.05, 4.69) is 35.3 Å². The highest BCUT2D eigenvalue weighted by molar-refractivity contribution is 6.16. The number of rotatable bonds is 0. The molecule has 2 aromatic carbocycles. The largest absolute Gasteiger partial charge is 0.484 e. The van der Waals surface area contributed by atoms with Gasteiger partial charge >= 0.3 is 0 Å². The third-order valence-corrected chi connectivity index (χ3v) is 3.08. The Bertz CT molecular complexity index is 586. The number of hydrogen-bond acceptors (Lipinski definition) is 2. The highest BCUT2D eigenvalue weighted by Crippen LogP contribution is 2.35. The molecule has 0 spiro atoms. The van der Waals surface area contributed by atoms with Gasteiger partial charge in [-0.05, 0) is 23.8 Å². The molecule has 0 bridgehead atoms. The molecule has 1 atom stereocenters. The van der Waals surface area contributed by atoms with Crippen LogP contribution >= 0.6 is 0 Å². The summed E-state index contributed by atoms with van der Waals surface area (Å²) >= 11 is 0. The maximum atomic E-state index is 5.79. The van der Waals surface area contributed by atoms with Crippen LogP contribution in [0, 0.1) is 0 Å². The molecule has 2 aromatic rings. The lowest BCUT2D eigenvalue weighted by molar-refractivity contribution is 0.303. The van der Waals surface area contributed by atoms with Gasteiger partial charge in [-0.15, -0.1) is 0 Å². The Kier molecular flexibility index (Phi) is 1.96. The number of aliphatic imine (C=N–C) groups is 1. The molecule has 3 rings (SSSR count). The van der Waals surface area contributed by atoms with E-state index in [1.807, 2.05) is 20.0 Å². The average molecular weight is 211 g/mol. The molecule has 2 heteroatoms. The number of hydrogen-bond donors (Lipinski definition) is 0. The van der Waals surface area contributed by atoms with Gasteiger partial charge in [-0.3, -0.25) is 4.99 Å². The summed E-state index contributed by atoms with van der Waals surface area (Å²) in [5, 5.41) is 2.46. The monoisotopic (exact) mass is 211 g/mol. The molecule has 1 unspecified atom stereocenters. The number of benzene rings is 2. The second-order valence-electron chi connectivity index (χ2n) is 4.03. The zero-order valence-electron chi connectivity index (χ0n) is 9.40. The molecule has 0 aliphatic carbocycles. The standard InChI is InChI=1S/C14H13NO/c1-9-14(15-2)13-11-6-4-3-5-10(11)7-8-12(13)16-9/h3-9H,1-2H3. The Morgan fingerprint density at radius 1 is 1.12 bits per heavy atom. The van der Waals surface area contributed by atoms with E-state index in [4.69, 9.17) is 4.74 Å². The van der Waals surface area contributed by atoms with Crippen LogP contribution in [0.15, 0.2) is 41.4 Å². The van der Waals surface area contributed by atoms with Crippen molar-refractivity contribution in [3.8, 4) is 5.75 Å². The minimum Gasteiger partial charge on any atom is -0.484 e. The highest BCUT2D eigenvalue weighted by atomic mass is 16.5. The van der Waals surface area contributed by atoms with Crippen molar-refractivity contribution in [3.05, 3.63) is 42.0 Å². The lowest BCUT2D eigenvalue weighted by atomic mass is 10.00. The third-order valence-electron chi connectivity index (χ3n) is 3.08. The van der Waals surface area contributed by atoms with E-state index in [0.29, 0.717) is 0 Å². The van der Waals surface area contributed by atoms with E-state index in [0.717, 1.165) is 17.0 Å². The predicted octanol–water partition coefficient (Wildman–Crippen LogP) is 3.04. The fourth-order valence-corrected chi connectivity index (χ4v) is 2.36. The maximum Gasteiger partial charge on any atom is 0.138 e. The first kappa shape index (κ1) is 9.40. The van der Waals surface area contributed by atoms with Crippen LogP contribution in [-0.4, -0.2) is 18.9 Å². The molecule has 1 aliphatic rings. The van der Waals surface area contributed by atoms with E-state index in [9.17, 15) is 0 Å². The molecule has 1 aliphatic heterocycles. The Morgan fingerprint density at radius 3 is 2.75 bits per heavy atom. The van der Waals surface area contributed by atoms with Crippen molar-refractivity contribution in [1.29, 1.82) is 0 Å². The van der Waals surface area contributed by atoms with Crippen LogP contribution in [0.3, 0.4) is 0 Å². The lowest BCUT2D eigenvalue weighted by Crippen LogP contribution is -2.16. The zero-order chi connectivity index (χ0) is 11.1. The summed E-state index contributed by atoms with van der Waals surface area (Å²) in [4.78, 5) is 4.35. The van der Waals surface area contributed by atoms with Crippen molar-refractivity contribution in [1.82, 2.24) is 0 Å². The van der Waals surface area contributed by atoms with E-state index in [1.54, 1.807) is 0 Å². The lowest BCUT2D eigenvalue weighted by Gasteiger charge is -2.03. The van der Waals surface area contributed by atoms with Crippen molar-refractivity contribution >= 4 is 16.5 Å². The van der Waals surface area contributed by atoms with E-state index in [-0.39, 0.29) is 6.10 Å². The Hall–Kier alpha value is -1.83. The average Bonchev–Trinajstić information content (AvgIpc) is 2.65. The van der Waals surface area contributed by atoms with Crippen molar-refractivity contribution < 1.29 is 4.74 Å². The van der Waals surface area contributed by atoms with Gasteiger partial charge in [0.05, 0.1) is 5.71 Å². The summed E-state index contributed by atoms with van der Waals surface area (Å²) < 4.78 is 5.79. The molecule has 1 heterocycles. The van der Waals surface area contributed by atoms with Gasteiger partial charge in [-0.1, -0.05) is 30.3 Å². The van der Waals surface area contributed by atoms with Crippen molar-refractivity contribution in [2.24, 2.45) is 4.99 Å². The van der Waals surface area contributed by atoms with Gasteiger partial charge in [-0.2, -0.15) is 0 Å². The van der Waals surface area contributed by atoms with Gasteiger partial charge in [-0.25, -0.2) is 0 Å². The molecular weight excluding hydrogens is 198 g/mol. The Labute approximate surface area is 94.6 Å². The maximum absolute atomic E-state index is 5.79. The second-order valence-corrected chi connectivity index (χ2v) is 4.03. The zero-order valence-corrected chi connectivity index (χ0v) is 9.40. The predicted molar refractivity (Wildman–Crippen MR) is 66.5 cm³/mol. The summed E-state index contributed by atoms with van der Waals surface area (Å²) in [6.07, 6.45) is 0.0609. The molecule has 0 radical (unpaired) electrons. The van der Waals surface area contributed by atoms with Crippen LogP contribution in [0.4, 0.5) is 0 Å². The Balaban J connectivity index is 2.40. The van der Waals surface area contributed by atoms with Gasteiger partial charge in [0.15, 0.2) is 0 Å². The smallest absolute Gasteiger partial charge is 0.138 e. The summed E-state index contributed by atoms with van der Waals surface area (Å²) in [5.74, 6) is 0.951. The van der Waals surface area contributed by atoms with Crippen molar-refractivity contribution in [3.63, 3.8) is 0 Å². The Morgan fingerprint density at radius 2 is 1.94 bits per heavy atom. The molecule has 0 N–H and O–H groups in total. The first-order valence-corrected chi connectivity index (χ1v) is 5.46. The highest BCUT2D eigenvalue weighted by Gasteiger charge is 2.27. The van der Waals surface area contributed by atoms with Crippen LogP contribution < -0.4 is 4.74 Å². The first-order chi connectivity index (χ1) is 7.81. The molecule has 0 amide bonds. The van der Waals surface area contributed by atoms with Gasteiger partial charge in [0.1, 0.15) is 11.9 Å². The van der Waals surface area contributed by atoms with Crippen LogP contribution in [0.5, 0.6) is 5.75 Å². The van der Waals surface area contributed by atoms with Gasteiger partial charge in [0, 0.05) is 12.6 Å². The molecule has 0 saturated heterocycles. The summed E-state index contributed by atoms with van der Waals surface area (Å²) in [7, 11) is 1.83. The molecule has 16 heavy (non-hydrogen) atoms. The van der Waals surface area contributed by atoms with E-state index < -0.39 is 0 Å². The number of fused-ring (bicyclic) bond motifs is 3. The van der Waals surface area contributed by atoms with Crippen molar-refractivity contribution in [2.45, 2.75) is 13.0 Å². The summed E-state index contributed by atoms with van der Waals surface area (Å²) in [6, 6.07) is 12.5. The molecule has 2 nitrogen and oxygen atoms in total. The SMILES string of the molecule is CN=C1c2c(ccc3ccccc23)OC1C. The van der Waals surface area contributed by atoms with E-state index in [1.165, 1.54) is 10.8 Å². The molecule has 0 fully saturated rings. The molecule has 0 aromatic heterocycles. The van der Waals surface area contributed by atoms with Crippen LogP contribution in [-0.2, 0) is 0 Å². The van der Waals surface area contributed by atoms with Gasteiger partial charge in [0.25, 0.3) is 0 Å². The normalized spacial score (nSPS) is 21.1. The van der Waals surface area contributed by atoms with Gasteiger partial charge < -0.3 is 4.74 Å². The summed E-state index contributed by atoms with van der Waals surface area (Å²) in [6.45, 7) is 2.04. The minimum absolute atomic E-state index is 0.0609. The molecular formula is C14H13NO. The quantitative estimate of drug-likeness (QED) is 0.656. The first-order valence-electron chi connectivity index (χ1n) is 5.46. The third kappa shape index (κ3) is 1.16. The fourth-order valence-electron chi connectivity index (χ4n) is 2.36. The minimum atomic E-state index is 0.0609.